The molecule has 2 aromatic carbocycles. The molecule has 112 heavy (non-hydrogen) atoms. The minimum atomic E-state index is -5.06. The molecule has 3 aliphatic heterocycles. The van der Waals surface area contributed by atoms with Gasteiger partial charge in [0.15, 0.2) is 16.6 Å². The highest BCUT2D eigenvalue weighted by Crippen LogP contribution is 2.44. The number of hydrogen-bond acceptors (Lipinski definition) is 24. The highest BCUT2D eigenvalue weighted by molar-refractivity contribution is 14.1. The van der Waals surface area contributed by atoms with Gasteiger partial charge in [0.25, 0.3) is 28.1 Å². The van der Waals surface area contributed by atoms with E-state index in [1.165, 1.54) is 41.4 Å². The molecule has 7 N–H and O–H groups in total. The van der Waals surface area contributed by atoms with Crippen molar-refractivity contribution in [1.82, 2.24) is 33.6 Å². The first-order valence-electron chi connectivity index (χ1n) is 35.8. The number of carbonyl (C=O) groups is 2. The maximum absolute atomic E-state index is 13.6. The number of nitro groups is 2. The highest BCUT2D eigenvalue weighted by atomic mass is 127. The lowest BCUT2D eigenvalue weighted by Crippen LogP contribution is -2.48. The topological polar surface area (TPSA) is 441 Å². The number of aromatic amines is 2. The normalized spacial score (nSPS) is 20.8. The molecule has 0 spiro atoms. The third kappa shape index (κ3) is 24.2. The molecule has 0 saturated carbocycles. The van der Waals surface area contributed by atoms with Crippen molar-refractivity contribution < 1.29 is 90.3 Å². The summed E-state index contributed by atoms with van der Waals surface area (Å²) in [4.78, 5) is 126. The van der Waals surface area contributed by atoms with Gasteiger partial charge in [-0.2, -0.15) is 17.7 Å². The number of nitrogens with one attached hydrogen (secondary N) is 3. The van der Waals surface area contributed by atoms with Gasteiger partial charge in [-0.05, 0) is 116 Å². The lowest BCUT2D eigenvalue weighted by molar-refractivity contribution is -0.386. The number of H-pyrrole nitrogens is 2. The molecular formula is C72H100BrF3IN9O24Si2. The maximum Gasteiger partial charge on any atom is 0.471 e. The Labute approximate surface area is 666 Å². The van der Waals surface area contributed by atoms with Gasteiger partial charge in [0, 0.05) is 70.0 Å². The van der Waals surface area contributed by atoms with Crippen molar-refractivity contribution in [3.8, 4) is 11.8 Å². The quantitative estimate of drug-likeness (QED) is 0.00756. The fourth-order valence-electron chi connectivity index (χ4n) is 11.3. The second kappa shape index (κ2) is 38.5. The van der Waals surface area contributed by atoms with Gasteiger partial charge < -0.3 is 63.0 Å². The van der Waals surface area contributed by atoms with Crippen LogP contribution in [0.2, 0.25) is 36.3 Å². The summed E-state index contributed by atoms with van der Waals surface area (Å²) in [7, 11) is -4.28. The number of carbonyl (C=O) groups excluding carboxylic acids is 2. The van der Waals surface area contributed by atoms with Crippen molar-refractivity contribution in [3.05, 3.63) is 175 Å². The predicted octanol–water partition coefficient (Wildman–Crippen LogP) is 9.02. The Bertz CT molecular complexity index is 4630. The molecule has 2 unspecified atom stereocenters. The molecule has 0 bridgehead atoms. The zero-order valence-corrected chi connectivity index (χ0v) is 71.0. The van der Waals surface area contributed by atoms with Gasteiger partial charge in [0.2, 0.25) is 0 Å². The Morgan fingerprint density at radius 2 is 1.13 bits per heavy atom. The number of benzene rings is 2. The van der Waals surface area contributed by atoms with E-state index in [2.05, 4.69) is 105 Å². The van der Waals surface area contributed by atoms with E-state index in [1.807, 2.05) is 36.4 Å². The van der Waals surface area contributed by atoms with Gasteiger partial charge in [0.1, 0.15) is 42.6 Å². The van der Waals surface area contributed by atoms with Crippen LogP contribution in [0.4, 0.5) is 29.3 Å². The number of aliphatic hydroxyl groups is 4. The second-order valence-electron chi connectivity index (χ2n) is 31.7. The van der Waals surface area contributed by atoms with Crippen molar-refractivity contribution in [2.75, 3.05) is 26.4 Å². The molecule has 11 atom stereocenters. The Balaban J connectivity index is 0.000000264. The second-order valence-corrected chi connectivity index (χ2v) is 43.1. The van der Waals surface area contributed by atoms with Crippen LogP contribution >= 0.6 is 38.5 Å². The van der Waals surface area contributed by atoms with Crippen LogP contribution in [-0.2, 0) is 60.6 Å². The van der Waals surface area contributed by atoms with Crippen LogP contribution in [0, 0.1) is 47.5 Å². The Morgan fingerprint density at radius 3 is 1.55 bits per heavy atom. The lowest BCUT2D eigenvalue weighted by Gasteiger charge is -2.40. The number of nitro benzene ring substituents is 2. The summed E-state index contributed by atoms with van der Waals surface area (Å²) < 4.78 is 89.5. The van der Waals surface area contributed by atoms with E-state index in [1.54, 1.807) is 52.1 Å². The van der Waals surface area contributed by atoms with E-state index in [4.69, 9.17) is 37.3 Å². The predicted molar refractivity (Wildman–Crippen MR) is 418 cm³/mol. The van der Waals surface area contributed by atoms with Crippen molar-refractivity contribution >= 4 is 78.5 Å². The van der Waals surface area contributed by atoms with Crippen LogP contribution in [0.15, 0.2) is 83.8 Å². The minimum absolute atomic E-state index is 0.00756. The van der Waals surface area contributed by atoms with Crippen molar-refractivity contribution in [3.63, 3.8) is 0 Å². The van der Waals surface area contributed by atoms with Gasteiger partial charge in [-0.15, -0.1) is 0 Å². The van der Waals surface area contributed by atoms with Gasteiger partial charge in [-0.25, -0.2) is 19.2 Å². The highest BCUT2D eigenvalue weighted by Gasteiger charge is 2.48. The monoisotopic (exact) mass is 1790 g/mol. The van der Waals surface area contributed by atoms with Crippen LogP contribution in [0.25, 0.3) is 0 Å². The minimum Gasteiger partial charge on any atom is -0.443 e. The van der Waals surface area contributed by atoms with E-state index in [-0.39, 0.29) is 92.9 Å². The molecule has 0 aliphatic carbocycles. The van der Waals surface area contributed by atoms with Gasteiger partial charge in [0.05, 0.1) is 102 Å². The number of aromatic nitrogens is 6. The van der Waals surface area contributed by atoms with Crippen molar-refractivity contribution in [1.29, 1.82) is 0 Å². The van der Waals surface area contributed by atoms with E-state index in [9.17, 15) is 92.2 Å². The summed E-state index contributed by atoms with van der Waals surface area (Å²) in [6, 6.07) is 8.72. The van der Waals surface area contributed by atoms with Crippen LogP contribution in [0.5, 0.6) is 0 Å². The zero-order chi connectivity index (χ0) is 84.4. The molecule has 3 aromatic heterocycles. The summed E-state index contributed by atoms with van der Waals surface area (Å²) >= 11 is 5.31. The van der Waals surface area contributed by atoms with E-state index in [0.717, 1.165) is 15.2 Å². The van der Waals surface area contributed by atoms with E-state index < -0.39 is 171 Å². The summed E-state index contributed by atoms with van der Waals surface area (Å²) in [6.07, 6.45) is -10.3. The molecular weight excluding hydrogens is 1690 g/mol. The number of rotatable bonds is 24. The van der Waals surface area contributed by atoms with Gasteiger partial charge in [-0.1, -0.05) is 97.0 Å². The summed E-state index contributed by atoms with van der Waals surface area (Å²) in [6.45, 7) is 32.2. The fraction of sp³-hybridized carbons (Fsp3) is 0.611. The molecule has 8 rings (SSSR count). The number of alkyl halides is 4. The van der Waals surface area contributed by atoms with E-state index in [0.29, 0.717) is 26.7 Å². The van der Waals surface area contributed by atoms with Crippen LogP contribution in [-0.4, -0.2) is 162 Å². The van der Waals surface area contributed by atoms with Crippen LogP contribution in [0.1, 0.15) is 174 Å². The van der Waals surface area contributed by atoms with Crippen molar-refractivity contribution in [2.45, 2.75) is 243 Å². The fourth-order valence-corrected chi connectivity index (χ4v) is 14.6. The first kappa shape index (κ1) is 93.6. The van der Waals surface area contributed by atoms with Gasteiger partial charge >= 0.3 is 35.2 Å². The first-order chi connectivity index (χ1) is 51.8. The number of halogens is 5. The van der Waals surface area contributed by atoms with E-state index >= 15 is 0 Å². The maximum atomic E-state index is 13.6. The summed E-state index contributed by atoms with van der Waals surface area (Å²) in [5, 5.41) is 63.6. The standard InChI is InChI=1S/C27H49BrN2O7Si2.C25H27F3N4O9.C20H24IN3O8/c1-25(2,3)36-24(33)30-22(31)18(15-28)16-29(23(30)32)21-14-19(37-39(12,13)27(7,8)9)20(35-21)17-34-38(10,11)26(4,5)6;1-13(2)21(16-6-5-14(8-17(16)32(38)39)4-3-7-29-23(36)25(26,27)28)40-12-15-10-31(24(37)30-22(15)35)20-9-18(34)19(11-33)41-20;1-10(2)18(13-4-3-12(21)5-14(13)24(29)30)31-9-11-7-23(20(28)22-19(11)27)17-6-15(26)16(8-25)32-17/h16,19-21H,14-15,17H2,1-13H3;5-6,8,10,13,18-21,33-34H,7,9,11-12H2,1-2H3,(H,29,36)(H,30,35,37);3-5,7,10,15-18,25-26H,6,8-9H2,1-2H3,(H,22,27,28)/t19-,20+,21+;18-,19-,20-,21?;15-,16-,17-,18?/m011/s1. The smallest absolute Gasteiger partial charge is 0.443 e. The number of aliphatic hydroxyl groups excluding tert-OH is 4. The number of ether oxygens (including phenoxy) is 6. The molecule has 3 fully saturated rings. The third-order valence-electron chi connectivity index (χ3n) is 19.4. The zero-order valence-electron chi connectivity index (χ0n) is 65.3. The average Bonchev–Trinajstić information content (AvgIpc) is 1.74. The Morgan fingerprint density at radius 1 is 0.688 bits per heavy atom. The lowest BCUT2D eigenvalue weighted by atomic mass is 9.96. The number of hydrogen-bond donors (Lipinski definition) is 7. The summed E-state index contributed by atoms with van der Waals surface area (Å²) in [5.41, 5.74) is -4.81. The van der Waals surface area contributed by atoms with Crippen LogP contribution < -0.4 is 39.1 Å². The Hall–Kier alpha value is -7.23. The van der Waals surface area contributed by atoms with Crippen LogP contribution in [0.3, 0.4) is 0 Å². The largest absolute Gasteiger partial charge is 0.471 e. The Kier molecular flexibility index (Phi) is 32.2. The number of nitrogens with zero attached hydrogens (tertiary/aromatic N) is 6. The molecule has 3 saturated heterocycles. The molecule has 40 heteroatoms. The molecule has 6 heterocycles. The SMILES string of the molecule is CC(C)(C)OC(=O)n1c(=O)c(CBr)cn([C@H]2C[C@H](O[Si](C)(C)C(C)(C)C)[C@@H](CO[Si](C)(C)C(C)(C)C)O2)c1=O.CC(C)C(OCc1cn([C@H]2C[C@@H](O)[C@@H](CO)O2)c(=O)[nH]c1=O)c1ccc(C#CCNC(=O)C(F)(F)F)cc1[N+](=O)[O-].CC(C)C(OCc1cn([C@H]2C[C@@H](O)[C@@H](CO)O2)c(=O)[nH]c1=O)c1ccc(I)cc1[N+](=O)[O-]. The molecule has 3 aliphatic rings. The molecule has 620 valence electrons. The molecule has 1 amide bonds. The van der Waals surface area contributed by atoms with Gasteiger partial charge in [-0.3, -0.25) is 63.1 Å². The van der Waals surface area contributed by atoms with Crippen molar-refractivity contribution in [2.24, 2.45) is 11.8 Å². The molecule has 0 radical (unpaired) electrons. The summed E-state index contributed by atoms with van der Waals surface area (Å²) in [5.74, 6) is 2.10. The molecule has 33 nitrogen and oxygen atoms in total. The number of amides is 1. The third-order valence-corrected chi connectivity index (χ3v) is 29.7. The average molecular weight is 1800 g/mol. The first-order valence-corrected chi connectivity index (χ1v) is 43.8. The molecule has 5 aromatic rings.